The molecule has 7 nitrogen and oxygen atoms in total. The molecule has 0 bridgehead atoms. The van der Waals surface area contributed by atoms with Gasteiger partial charge in [-0.2, -0.15) is 0 Å². The van der Waals surface area contributed by atoms with Crippen molar-refractivity contribution in [3.63, 3.8) is 0 Å². The van der Waals surface area contributed by atoms with Gasteiger partial charge >= 0.3 is 5.69 Å². The predicted molar refractivity (Wildman–Crippen MR) is 67.5 cm³/mol. The molecule has 1 fully saturated rings. The number of ether oxygens (including phenoxy) is 1. The van der Waals surface area contributed by atoms with Crippen LogP contribution < -0.4 is 10.6 Å². The monoisotopic (exact) mass is 252 g/mol. The van der Waals surface area contributed by atoms with Crippen molar-refractivity contribution in [3.8, 4) is 0 Å². The van der Waals surface area contributed by atoms with Gasteiger partial charge in [-0.3, -0.25) is 10.1 Å². The highest BCUT2D eigenvalue weighted by atomic mass is 16.6. The molecule has 2 N–H and O–H groups in total. The Bertz CT molecular complexity index is 466. The lowest BCUT2D eigenvalue weighted by Gasteiger charge is -2.37. The lowest BCUT2D eigenvalue weighted by Crippen LogP contribution is -2.48. The van der Waals surface area contributed by atoms with E-state index >= 15 is 0 Å². The van der Waals surface area contributed by atoms with Gasteiger partial charge in [-0.25, -0.2) is 4.98 Å². The van der Waals surface area contributed by atoms with Gasteiger partial charge in [0.1, 0.15) is 5.82 Å². The highest BCUT2D eigenvalue weighted by Crippen LogP contribution is 2.30. The summed E-state index contributed by atoms with van der Waals surface area (Å²) in [7, 11) is 0. The Morgan fingerprint density at radius 1 is 1.56 bits per heavy atom. The fraction of sp³-hybridized carbons (Fsp3) is 0.545. The SMILES string of the molecule is CC1CN(c2nc(N)ccc2[N+](=O)[O-])C(C)CO1. The van der Waals surface area contributed by atoms with Crippen molar-refractivity contribution in [2.45, 2.75) is 26.0 Å². The number of nitrogen functional groups attached to an aromatic ring is 1. The van der Waals surface area contributed by atoms with Crippen LogP contribution in [0, 0.1) is 10.1 Å². The van der Waals surface area contributed by atoms with Gasteiger partial charge in [0.05, 0.1) is 23.7 Å². The first-order valence-electron chi connectivity index (χ1n) is 5.78. The predicted octanol–water partition coefficient (Wildman–Crippen LogP) is 1.19. The Labute approximate surface area is 105 Å². The molecule has 2 atom stereocenters. The smallest absolute Gasteiger partial charge is 0.311 e. The zero-order valence-electron chi connectivity index (χ0n) is 10.4. The van der Waals surface area contributed by atoms with E-state index < -0.39 is 4.92 Å². The third kappa shape index (κ3) is 2.35. The Morgan fingerprint density at radius 2 is 2.28 bits per heavy atom. The summed E-state index contributed by atoms with van der Waals surface area (Å²) in [5.74, 6) is 0.601. The van der Waals surface area contributed by atoms with Gasteiger partial charge < -0.3 is 15.4 Å². The Balaban J connectivity index is 2.41. The van der Waals surface area contributed by atoms with Gasteiger partial charge in [0, 0.05) is 12.6 Å². The average molecular weight is 252 g/mol. The van der Waals surface area contributed by atoms with Crippen LogP contribution in [0.3, 0.4) is 0 Å². The first kappa shape index (κ1) is 12.6. The number of pyridine rings is 1. The molecular weight excluding hydrogens is 236 g/mol. The van der Waals surface area contributed by atoms with E-state index in [1.807, 2.05) is 18.7 Å². The van der Waals surface area contributed by atoms with Crippen molar-refractivity contribution in [3.05, 3.63) is 22.2 Å². The maximum atomic E-state index is 11.0. The molecule has 2 rings (SSSR count). The topological polar surface area (TPSA) is 94.5 Å². The largest absolute Gasteiger partial charge is 0.384 e. The summed E-state index contributed by atoms with van der Waals surface area (Å²) in [5, 5.41) is 11.0. The number of nitrogens with two attached hydrogens (primary N) is 1. The van der Waals surface area contributed by atoms with E-state index in [-0.39, 0.29) is 23.7 Å². The van der Waals surface area contributed by atoms with E-state index in [9.17, 15) is 10.1 Å². The second-order valence-electron chi connectivity index (χ2n) is 4.48. The minimum Gasteiger partial charge on any atom is -0.384 e. The van der Waals surface area contributed by atoms with Crippen molar-refractivity contribution in [2.24, 2.45) is 0 Å². The fourth-order valence-corrected chi connectivity index (χ4v) is 2.01. The minimum absolute atomic E-state index is 0.0176. The molecule has 7 heteroatoms. The van der Waals surface area contributed by atoms with E-state index in [1.165, 1.54) is 12.1 Å². The molecule has 98 valence electrons. The van der Waals surface area contributed by atoms with E-state index in [4.69, 9.17) is 10.5 Å². The second-order valence-corrected chi connectivity index (χ2v) is 4.48. The zero-order chi connectivity index (χ0) is 13.3. The quantitative estimate of drug-likeness (QED) is 0.627. The maximum Gasteiger partial charge on any atom is 0.311 e. The van der Waals surface area contributed by atoms with Crippen LogP contribution in [0.5, 0.6) is 0 Å². The molecule has 18 heavy (non-hydrogen) atoms. The molecule has 2 unspecified atom stereocenters. The summed E-state index contributed by atoms with van der Waals surface area (Å²) in [6.07, 6.45) is 0.0176. The van der Waals surface area contributed by atoms with Crippen LogP contribution >= 0.6 is 0 Å². The average Bonchev–Trinajstić information content (AvgIpc) is 2.31. The maximum absolute atomic E-state index is 11.0. The van der Waals surface area contributed by atoms with Crippen LogP contribution in [-0.2, 0) is 4.74 Å². The summed E-state index contributed by atoms with van der Waals surface area (Å²) >= 11 is 0. The number of aromatic nitrogens is 1. The summed E-state index contributed by atoms with van der Waals surface area (Å²) in [5.41, 5.74) is 5.60. The lowest BCUT2D eigenvalue weighted by atomic mass is 10.2. The minimum atomic E-state index is -0.436. The highest BCUT2D eigenvalue weighted by molar-refractivity contribution is 5.61. The summed E-state index contributed by atoms with van der Waals surface area (Å²) < 4.78 is 5.50. The number of anilines is 2. The highest BCUT2D eigenvalue weighted by Gasteiger charge is 2.30. The number of nitrogens with zero attached hydrogens (tertiary/aromatic N) is 3. The van der Waals surface area contributed by atoms with Gasteiger partial charge in [-0.15, -0.1) is 0 Å². The number of nitro groups is 1. The molecule has 0 radical (unpaired) electrons. The molecule has 1 saturated heterocycles. The van der Waals surface area contributed by atoms with Crippen LogP contribution in [-0.4, -0.2) is 35.2 Å². The molecule has 1 aromatic rings. The van der Waals surface area contributed by atoms with Crippen LogP contribution in [0.2, 0.25) is 0 Å². The van der Waals surface area contributed by atoms with Crippen LogP contribution in [0.15, 0.2) is 12.1 Å². The normalized spacial score (nSPS) is 24.0. The molecule has 0 amide bonds. The molecule has 2 heterocycles. The zero-order valence-corrected chi connectivity index (χ0v) is 10.4. The Kier molecular flexibility index (Phi) is 3.33. The molecular formula is C11H16N4O3. The van der Waals surface area contributed by atoms with E-state index in [2.05, 4.69) is 4.98 Å². The molecule has 0 aliphatic carbocycles. The number of hydrogen-bond acceptors (Lipinski definition) is 6. The third-order valence-corrected chi connectivity index (χ3v) is 2.95. The molecule has 1 aliphatic heterocycles. The first-order valence-corrected chi connectivity index (χ1v) is 5.78. The van der Waals surface area contributed by atoms with E-state index in [1.54, 1.807) is 0 Å². The molecule has 0 aromatic carbocycles. The van der Waals surface area contributed by atoms with Crippen molar-refractivity contribution >= 4 is 17.3 Å². The first-order chi connectivity index (χ1) is 8.49. The lowest BCUT2D eigenvalue weighted by molar-refractivity contribution is -0.384. The van der Waals surface area contributed by atoms with Gasteiger partial charge in [-0.05, 0) is 19.9 Å². The number of hydrogen-bond donors (Lipinski definition) is 1. The molecule has 1 aliphatic rings. The molecule has 1 aromatic heterocycles. The summed E-state index contributed by atoms with van der Waals surface area (Å²) in [4.78, 5) is 16.6. The van der Waals surface area contributed by atoms with Gasteiger partial charge in [-0.1, -0.05) is 0 Å². The number of morpholine rings is 1. The van der Waals surface area contributed by atoms with Crippen molar-refractivity contribution in [1.29, 1.82) is 0 Å². The van der Waals surface area contributed by atoms with Gasteiger partial charge in [0.2, 0.25) is 5.82 Å². The van der Waals surface area contributed by atoms with Crippen LogP contribution in [0.1, 0.15) is 13.8 Å². The van der Waals surface area contributed by atoms with Crippen LogP contribution in [0.25, 0.3) is 0 Å². The van der Waals surface area contributed by atoms with Gasteiger partial charge in [0.25, 0.3) is 0 Å². The van der Waals surface area contributed by atoms with E-state index in [0.717, 1.165) is 0 Å². The van der Waals surface area contributed by atoms with Crippen molar-refractivity contribution in [2.75, 3.05) is 23.8 Å². The number of rotatable bonds is 2. The standard InChI is InChI=1S/C11H16N4O3/c1-7-6-18-8(2)5-14(7)11-9(15(16)17)3-4-10(12)13-11/h3-4,7-8H,5-6H2,1-2H3,(H2,12,13). The van der Waals surface area contributed by atoms with Gasteiger partial charge in [0.15, 0.2) is 0 Å². The fourth-order valence-electron chi connectivity index (χ4n) is 2.01. The summed E-state index contributed by atoms with van der Waals surface area (Å²) in [6.45, 7) is 4.96. The molecule has 0 saturated carbocycles. The molecule has 0 spiro atoms. The van der Waals surface area contributed by atoms with Crippen molar-refractivity contribution in [1.82, 2.24) is 4.98 Å². The van der Waals surface area contributed by atoms with E-state index in [0.29, 0.717) is 19.0 Å². The second kappa shape index (κ2) is 4.77. The third-order valence-electron chi connectivity index (χ3n) is 2.95. The van der Waals surface area contributed by atoms with Crippen LogP contribution in [0.4, 0.5) is 17.3 Å². The Hall–Kier alpha value is -1.89. The Morgan fingerprint density at radius 3 is 2.94 bits per heavy atom. The summed E-state index contributed by atoms with van der Waals surface area (Å²) in [6, 6.07) is 2.87. The van der Waals surface area contributed by atoms with Crippen molar-refractivity contribution < 1.29 is 9.66 Å².